The number of Topliss-reactive ketones (excluding diaryl/α,β-unsaturated/α-hetero) is 1. The van der Waals surface area contributed by atoms with E-state index in [0.29, 0.717) is 31.9 Å². The molecule has 3 aromatic rings. The average molecular weight is 555 g/mol. The number of likely N-dealkylation sites (tertiary alicyclic amines) is 1. The molecule has 8 nitrogen and oxygen atoms in total. The van der Waals surface area contributed by atoms with Crippen LogP contribution in [0.3, 0.4) is 0 Å². The molecule has 2 aliphatic rings. The standard InChI is InChI=1S/C28H34N4O4S2/c1-16(2)30-28(35)32-23(20-6-5-14-37-20)21(25(33)19-8-7-18(4)36-19)22(26-17(3)9-15-38-26)24(32)27(34)31-12-10-29-11-13-31/h5-9,14-16,21-24,29H,10-13H2,1-4H3,(H,30,35). The van der Waals surface area contributed by atoms with Gasteiger partial charge in [-0.2, -0.15) is 0 Å². The van der Waals surface area contributed by atoms with Gasteiger partial charge in [0.05, 0.1) is 12.0 Å². The van der Waals surface area contributed by atoms with Gasteiger partial charge in [-0.15, -0.1) is 22.7 Å². The molecule has 2 N–H and O–H groups in total. The smallest absolute Gasteiger partial charge is 0.318 e. The lowest BCUT2D eigenvalue weighted by Crippen LogP contribution is -2.56. The molecule has 2 saturated heterocycles. The highest BCUT2D eigenvalue weighted by atomic mass is 32.1. The highest BCUT2D eigenvalue weighted by molar-refractivity contribution is 7.10. The minimum absolute atomic E-state index is 0.115. The quantitative estimate of drug-likeness (QED) is 0.435. The minimum Gasteiger partial charge on any atom is -0.458 e. The van der Waals surface area contributed by atoms with Gasteiger partial charge in [0.15, 0.2) is 5.76 Å². The molecule has 10 heteroatoms. The summed E-state index contributed by atoms with van der Waals surface area (Å²) in [5.74, 6) is -0.604. The molecule has 5 heterocycles. The summed E-state index contributed by atoms with van der Waals surface area (Å²) in [6, 6.07) is 7.45. The summed E-state index contributed by atoms with van der Waals surface area (Å²) in [7, 11) is 0. The number of rotatable bonds is 6. The molecule has 0 saturated carbocycles. The second-order valence-corrected chi connectivity index (χ2v) is 12.2. The minimum atomic E-state index is -0.832. The van der Waals surface area contributed by atoms with Crippen LogP contribution in [0.5, 0.6) is 0 Å². The third kappa shape index (κ3) is 4.92. The Hall–Kier alpha value is -2.95. The maximum atomic E-state index is 14.4. The number of furan rings is 1. The number of piperazine rings is 1. The van der Waals surface area contributed by atoms with E-state index in [-0.39, 0.29) is 29.5 Å². The van der Waals surface area contributed by atoms with Crippen molar-refractivity contribution in [2.45, 2.75) is 51.7 Å². The number of nitrogens with one attached hydrogen (secondary N) is 2. The predicted molar refractivity (Wildman–Crippen MR) is 149 cm³/mol. The molecule has 3 aromatic heterocycles. The van der Waals surface area contributed by atoms with Gasteiger partial charge in [0.25, 0.3) is 0 Å². The molecule has 0 aliphatic carbocycles. The Kier molecular flexibility index (Phi) is 7.74. The van der Waals surface area contributed by atoms with Gasteiger partial charge >= 0.3 is 6.03 Å². The van der Waals surface area contributed by atoms with E-state index in [9.17, 15) is 14.4 Å². The SMILES string of the molecule is Cc1ccc(C(=O)C2C(c3sccc3C)C(C(=O)N3CCNCC3)N(C(=O)NC(C)C)C2c2cccs2)o1. The number of ketones is 1. The third-order valence-corrected chi connectivity index (χ3v) is 9.38. The second-order valence-electron chi connectivity index (χ2n) is 10.3. The lowest BCUT2D eigenvalue weighted by Gasteiger charge is -2.36. The van der Waals surface area contributed by atoms with Crippen molar-refractivity contribution in [3.8, 4) is 0 Å². The van der Waals surface area contributed by atoms with E-state index >= 15 is 0 Å². The van der Waals surface area contributed by atoms with E-state index in [0.717, 1.165) is 15.3 Å². The van der Waals surface area contributed by atoms with Crippen LogP contribution in [0.4, 0.5) is 4.79 Å². The van der Waals surface area contributed by atoms with Gasteiger partial charge in [0, 0.05) is 47.9 Å². The van der Waals surface area contributed by atoms with E-state index in [1.54, 1.807) is 28.4 Å². The topological polar surface area (TPSA) is 94.9 Å². The van der Waals surface area contributed by atoms with Crippen LogP contribution in [-0.2, 0) is 4.79 Å². The first-order valence-electron chi connectivity index (χ1n) is 13.0. The number of carbonyl (C=O) groups is 3. The van der Waals surface area contributed by atoms with Crippen LogP contribution < -0.4 is 10.6 Å². The molecule has 4 unspecified atom stereocenters. The summed E-state index contributed by atoms with van der Waals surface area (Å²) in [6.07, 6.45) is 0. The largest absolute Gasteiger partial charge is 0.458 e. The monoisotopic (exact) mass is 554 g/mol. The number of nitrogens with zero attached hydrogens (tertiary/aromatic N) is 2. The number of amides is 3. The van der Waals surface area contributed by atoms with Crippen LogP contribution in [-0.4, -0.2) is 65.8 Å². The maximum absolute atomic E-state index is 14.4. The molecule has 0 spiro atoms. The molecule has 4 atom stereocenters. The van der Waals surface area contributed by atoms with Gasteiger partial charge < -0.3 is 24.9 Å². The number of urea groups is 1. The normalized spacial score (nSPS) is 23.7. The van der Waals surface area contributed by atoms with Crippen molar-refractivity contribution in [3.63, 3.8) is 0 Å². The molecule has 0 aromatic carbocycles. The first-order chi connectivity index (χ1) is 18.3. The highest BCUT2D eigenvalue weighted by Crippen LogP contribution is 2.54. The van der Waals surface area contributed by atoms with Crippen molar-refractivity contribution < 1.29 is 18.8 Å². The van der Waals surface area contributed by atoms with Gasteiger partial charge in [-0.25, -0.2) is 4.79 Å². The molecule has 0 bridgehead atoms. The zero-order valence-electron chi connectivity index (χ0n) is 22.1. The highest BCUT2D eigenvalue weighted by Gasteiger charge is 2.59. The second kappa shape index (κ2) is 11.0. The van der Waals surface area contributed by atoms with Gasteiger partial charge in [-0.05, 0) is 68.3 Å². The van der Waals surface area contributed by atoms with Crippen molar-refractivity contribution >= 4 is 40.4 Å². The van der Waals surface area contributed by atoms with Crippen molar-refractivity contribution in [3.05, 3.63) is 67.9 Å². The Morgan fingerprint density at radius 1 is 1.05 bits per heavy atom. The number of aryl methyl sites for hydroxylation is 2. The van der Waals surface area contributed by atoms with Gasteiger partial charge in [0.2, 0.25) is 11.7 Å². The lowest BCUT2D eigenvalue weighted by atomic mass is 9.80. The summed E-state index contributed by atoms with van der Waals surface area (Å²) in [5, 5.41) is 10.3. The van der Waals surface area contributed by atoms with Gasteiger partial charge in [0.1, 0.15) is 11.8 Å². The van der Waals surface area contributed by atoms with E-state index in [2.05, 4.69) is 10.6 Å². The predicted octanol–water partition coefficient (Wildman–Crippen LogP) is 4.58. The van der Waals surface area contributed by atoms with E-state index in [1.807, 2.05) is 61.6 Å². The molecular formula is C28H34N4O4S2. The van der Waals surface area contributed by atoms with E-state index in [4.69, 9.17) is 4.42 Å². The lowest BCUT2D eigenvalue weighted by molar-refractivity contribution is -0.136. The van der Waals surface area contributed by atoms with Crippen LogP contribution in [0.15, 0.2) is 45.5 Å². The fourth-order valence-electron chi connectivity index (χ4n) is 5.67. The first kappa shape index (κ1) is 26.6. The molecule has 2 aliphatic heterocycles. The van der Waals surface area contributed by atoms with Gasteiger partial charge in [-0.3, -0.25) is 9.59 Å². The third-order valence-electron chi connectivity index (χ3n) is 7.32. The van der Waals surface area contributed by atoms with E-state index in [1.165, 1.54) is 11.3 Å². The van der Waals surface area contributed by atoms with E-state index < -0.39 is 23.9 Å². The molecule has 5 rings (SSSR count). The first-order valence-corrected chi connectivity index (χ1v) is 14.8. The molecule has 38 heavy (non-hydrogen) atoms. The number of hydrogen-bond donors (Lipinski definition) is 2. The van der Waals surface area contributed by atoms with Crippen LogP contribution in [0.2, 0.25) is 0 Å². The Balaban J connectivity index is 1.72. The van der Waals surface area contributed by atoms with Crippen molar-refractivity contribution in [1.82, 2.24) is 20.4 Å². The van der Waals surface area contributed by atoms with Crippen LogP contribution >= 0.6 is 22.7 Å². The summed E-state index contributed by atoms with van der Waals surface area (Å²) >= 11 is 3.04. The maximum Gasteiger partial charge on any atom is 0.318 e. The fourth-order valence-corrected chi connectivity index (χ4v) is 7.65. The zero-order chi connectivity index (χ0) is 27.0. The average Bonchev–Trinajstić information content (AvgIpc) is 3.69. The summed E-state index contributed by atoms with van der Waals surface area (Å²) < 4.78 is 5.83. The molecule has 0 radical (unpaired) electrons. The van der Waals surface area contributed by atoms with Crippen LogP contribution in [0.25, 0.3) is 0 Å². The van der Waals surface area contributed by atoms with Crippen LogP contribution in [0.1, 0.15) is 57.4 Å². The molecule has 2 fully saturated rings. The fraction of sp³-hybridized carbons (Fsp3) is 0.464. The zero-order valence-corrected chi connectivity index (χ0v) is 23.7. The molecule has 202 valence electrons. The van der Waals surface area contributed by atoms with Gasteiger partial charge in [-0.1, -0.05) is 6.07 Å². The number of hydrogen-bond acceptors (Lipinski definition) is 7. The Morgan fingerprint density at radius 2 is 1.82 bits per heavy atom. The Bertz CT molecular complexity index is 1290. The van der Waals surface area contributed by atoms with Crippen molar-refractivity contribution in [2.75, 3.05) is 26.2 Å². The van der Waals surface area contributed by atoms with Crippen LogP contribution in [0, 0.1) is 19.8 Å². The summed E-state index contributed by atoms with van der Waals surface area (Å²) in [6.45, 7) is 10.1. The summed E-state index contributed by atoms with van der Waals surface area (Å²) in [4.78, 5) is 48.0. The van der Waals surface area contributed by atoms with Crippen molar-refractivity contribution in [1.29, 1.82) is 0 Å². The Morgan fingerprint density at radius 3 is 2.39 bits per heavy atom. The van der Waals surface area contributed by atoms with Crippen molar-refractivity contribution in [2.24, 2.45) is 5.92 Å². The number of carbonyl (C=O) groups excluding carboxylic acids is 3. The Labute approximate surface area is 231 Å². The summed E-state index contributed by atoms with van der Waals surface area (Å²) in [5.41, 5.74) is 1.02. The molecular weight excluding hydrogens is 520 g/mol. The number of thiophene rings is 2. The molecule has 3 amide bonds.